The highest BCUT2D eigenvalue weighted by atomic mass is 35.5. The maximum Gasteiger partial charge on any atom is 0.415 e. The zero-order valence-corrected chi connectivity index (χ0v) is 15.8. The summed E-state index contributed by atoms with van der Waals surface area (Å²) in [5.41, 5.74) is 1.75. The number of carbonyl (C=O) groups excluding carboxylic acids is 1. The average Bonchev–Trinajstić information content (AvgIpc) is 3.01. The van der Waals surface area contributed by atoms with E-state index in [2.05, 4.69) is 4.90 Å². The maximum atomic E-state index is 12.2. The molecule has 1 aliphatic rings. The Bertz CT molecular complexity index is 749. The number of nitrogens with zero attached hydrogens (tertiary/aromatic N) is 2. The largest absolute Gasteiger partial charge is 0.494 e. The molecule has 1 fully saturated rings. The fourth-order valence-electron chi connectivity index (χ4n) is 2.94. The van der Waals surface area contributed by atoms with E-state index in [1.165, 1.54) is 0 Å². The van der Waals surface area contributed by atoms with Gasteiger partial charge in [0.1, 0.15) is 12.4 Å². The molecule has 1 amide bonds. The van der Waals surface area contributed by atoms with Gasteiger partial charge >= 0.3 is 6.09 Å². The number of cyclic esters (lactones) is 1. The quantitative estimate of drug-likeness (QED) is 0.675. The van der Waals surface area contributed by atoms with Gasteiger partial charge < -0.3 is 14.4 Å². The zero-order chi connectivity index (χ0) is 18.5. The minimum atomic E-state index is -0.352. The van der Waals surface area contributed by atoms with Gasteiger partial charge in [0.2, 0.25) is 0 Å². The van der Waals surface area contributed by atoms with E-state index < -0.39 is 0 Å². The van der Waals surface area contributed by atoms with Crippen molar-refractivity contribution in [3.63, 3.8) is 0 Å². The molecule has 1 unspecified atom stereocenters. The number of rotatable bonds is 7. The Kier molecular flexibility index (Phi) is 6.01. The Morgan fingerprint density at radius 2 is 2.00 bits per heavy atom. The van der Waals surface area contributed by atoms with Crippen molar-refractivity contribution < 1.29 is 14.3 Å². The molecule has 0 aromatic heterocycles. The molecule has 2 aromatic carbocycles. The van der Waals surface area contributed by atoms with E-state index in [1.54, 1.807) is 17.0 Å². The van der Waals surface area contributed by atoms with Crippen LogP contribution in [0.1, 0.15) is 18.0 Å². The van der Waals surface area contributed by atoms with Gasteiger partial charge in [0, 0.05) is 17.3 Å². The lowest BCUT2D eigenvalue weighted by Crippen LogP contribution is -2.27. The highest BCUT2D eigenvalue weighted by molar-refractivity contribution is 6.30. The molecule has 1 atom stereocenters. The molecule has 0 aliphatic carbocycles. The normalized spacial score (nSPS) is 16.8. The number of anilines is 1. The molecular weight excluding hydrogens is 352 g/mol. The molecule has 0 N–H and O–H groups in total. The number of amides is 1. The highest BCUT2D eigenvalue weighted by Crippen LogP contribution is 2.34. The first-order chi connectivity index (χ1) is 12.5. The molecule has 0 radical (unpaired) electrons. The van der Waals surface area contributed by atoms with Crippen LogP contribution in [0.2, 0.25) is 5.02 Å². The molecule has 0 saturated carbocycles. The number of hydrogen-bond acceptors (Lipinski definition) is 4. The highest BCUT2D eigenvalue weighted by Gasteiger charge is 2.35. The van der Waals surface area contributed by atoms with Gasteiger partial charge in [-0.05, 0) is 62.5 Å². The molecule has 1 aliphatic heterocycles. The third-order valence-electron chi connectivity index (χ3n) is 4.24. The molecule has 0 spiro atoms. The lowest BCUT2D eigenvalue weighted by atomic mass is 10.1. The molecule has 26 heavy (non-hydrogen) atoms. The second kappa shape index (κ2) is 8.43. The molecule has 0 bridgehead atoms. The summed E-state index contributed by atoms with van der Waals surface area (Å²) in [7, 11) is 4.09. The Hall–Kier alpha value is -2.24. The summed E-state index contributed by atoms with van der Waals surface area (Å²) >= 11 is 5.95. The third-order valence-corrected chi connectivity index (χ3v) is 4.49. The Morgan fingerprint density at radius 3 is 2.73 bits per heavy atom. The number of carbonyl (C=O) groups is 1. The van der Waals surface area contributed by atoms with Crippen molar-refractivity contribution in [2.75, 3.05) is 38.8 Å². The SMILES string of the molecule is CN(C)CCCOc1cccc(C2COC(=O)N2c2ccc(Cl)cc2)c1. The van der Waals surface area contributed by atoms with Crippen molar-refractivity contribution in [1.29, 1.82) is 0 Å². The fourth-order valence-corrected chi connectivity index (χ4v) is 3.06. The van der Waals surface area contributed by atoms with E-state index in [1.807, 2.05) is 50.5 Å². The van der Waals surface area contributed by atoms with Gasteiger partial charge in [0.05, 0.1) is 12.6 Å². The zero-order valence-electron chi connectivity index (χ0n) is 15.0. The minimum absolute atomic E-state index is 0.186. The van der Waals surface area contributed by atoms with Crippen LogP contribution in [0.5, 0.6) is 5.75 Å². The summed E-state index contributed by atoms with van der Waals surface area (Å²) in [5.74, 6) is 0.802. The van der Waals surface area contributed by atoms with Crippen molar-refractivity contribution in [3.05, 3.63) is 59.1 Å². The van der Waals surface area contributed by atoms with Crippen LogP contribution in [0.4, 0.5) is 10.5 Å². The number of halogens is 1. The van der Waals surface area contributed by atoms with Gasteiger partial charge in [0.15, 0.2) is 0 Å². The summed E-state index contributed by atoms with van der Waals surface area (Å²) in [4.78, 5) is 16.0. The van der Waals surface area contributed by atoms with E-state index in [0.29, 0.717) is 18.2 Å². The molecule has 6 heteroatoms. The monoisotopic (exact) mass is 374 g/mol. The summed E-state index contributed by atoms with van der Waals surface area (Å²) in [5, 5.41) is 0.631. The van der Waals surface area contributed by atoms with Crippen LogP contribution in [0.3, 0.4) is 0 Å². The van der Waals surface area contributed by atoms with Gasteiger partial charge in [-0.3, -0.25) is 4.90 Å². The first kappa shape index (κ1) is 18.5. The van der Waals surface area contributed by atoms with Crippen molar-refractivity contribution in [1.82, 2.24) is 4.90 Å². The van der Waals surface area contributed by atoms with Crippen molar-refractivity contribution in [3.8, 4) is 5.75 Å². The first-order valence-electron chi connectivity index (χ1n) is 8.63. The van der Waals surface area contributed by atoms with Gasteiger partial charge in [-0.2, -0.15) is 0 Å². The second-order valence-corrected chi connectivity index (χ2v) is 6.95. The number of hydrogen-bond donors (Lipinski definition) is 0. The number of benzene rings is 2. The van der Waals surface area contributed by atoms with E-state index >= 15 is 0 Å². The molecule has 138 valence electrons. The maximum absolute atomic E-state index is 12.2. The standard InChI is InChI=1S/C20H23ClN2O3/c1-22(2)11-4-12-25-18-6-3-5-15(13-18)19-14-26-20(24)23(19)17-9-7-16(21)8-10-17/h3,5-10,13,19H,4,11-12,14H2,1-2H3. The lowest BCUT2D eigenvalue weighted by molar-refractivity contribution is 0.179. The Morgan fingerprint density at radius 1 is 1.23 bits per heavy atom. The van der Waals surface area contributed by atoms with Crippen molar-refractivity contribution in [2.45, 2.75) is 12.5 Å². The smallest absolute Gasteiger partial charge is 0.415 e. The summed E-state index contributed by atoms with van der Waals surface area (Å²) in [6.45, 7) is 1.95. The van der Waals surface area contributed by atoms with Crippen LogP contribution in [0.25, 0.3) is 0 Å². The fraction of sp³-hybridized carbons (Fsp3) is 0.350. The average molecular weight is 375 g/mol. The summed E-state index contributed by atoms with van der Waals surface area (Å²) < 4.78 is 11.1. The second-order valence-electron chi connectivity index (χ2n) is 6.52. The van der Waals surface area contributed by atoms with E-state index in [4.69, 9.17) is 21.1 Å². The third kappa shape index (κ3) is 4.48. The lowest BCUT2D eigenvalue weighted by Gasteiger charge is -2.22. The van der Waals surface area contributed by atoms with Crippen molar-refractivity contribution >= 4 is 23.4 Å². The molecule has 2 aromatic rings. The minimum Gasteiger partial charge on any atom is -0.494 e. The number of ether oxygens (including phenoxy) is 2. The summed E-state index contributed by atoms with van der Waals surface area (Å²) in [6, 6.07) is 14.8. The van der Waals surface area contributed by atoms with Gasteiger partial charge in [0.25, 0.3) is 0 Å². The molecular formula is C20H23ClN2O3. The van der Waals surface area contributed by atoms with Crippen molar-refractivity contribution in [2.24, 2.45) is 0 Å². The van der Waals surface area contributed by atoms with Crippen LogP contribution in [0.15, 0.2) is 48.5 Å². The molecule has 3 rings (SSSR count). The predicted octanol–water partition coefficient (Wildman–Crippen LogP) is 4.37. The molecule has 5 nitrogen and oxygen atoms in total. The van der Waals surface area contributed by atoms with Crippen LogP contribution in [-0.2, 0) is 4.74 Å². The van der Waals surface area contributed by atoms with Crippen LogP contribution < -0.4 is 9.64 Å². The first-order valence-corrected chi connectivity index (χ1v) is 9.01. The van der Waals surface area contributed by atoms with Gasteiger partial charge in [-0.15, -0.1) is 0 Å². The van der Waals surface area contributed by atoms with Gasteiger partial charge in [-0.25, -0.2) is 4.79 Å². The van der Waals surface area contributed by atoms with Crippen LogP contribution in [-0.4, -0.2) is 44.8 Å². The Balaban J connectivity index is 1.73. The topological polar surface area (TPSA) is 42.0 Å². The predicted molar refractivity (Wildman–Crippen MR) is 103 cm³/mol. The van der Waals surface area contributed by atoms with Crippen LogP contribution in [0, 0.1) is 0 Å². The van der Waals surface area contributed by atoms with E-state index in [-0.39, 0.29) is 12.1 Å². The van der Waals surface area contributed by atoms with Gasteiger partial charge in [-0.1, -0.05) is 23.7 Å². The van der Waals surface area contributed by atoms with Crippen LogP contribution >= 0.6 is 11.6 Å². The molecule has 1 saturated heterocycles. The molecule has 1 heterocycles. The summed E-state index contributed by atoms with van der Waals surface area (Å²) in [6.07, 6.45) is 0.605. The van der Waals surface area contributed by atoms with E-state index in [9.17, 15) is 4.79 Å². The van der Waals surface area contributed by atoms with E-state index in [0.717, 1.165) is 30.0 Å². The Labute approximate surface area is 159 Å².